The summed E-state index contributed by atoms with van der Waals surface area (Å²) >= 11 is 0. The molecular formula is C23H34O3. The lowest BCUT2D eigenvalue weighted by Gasteiger charge is -2.46. The van der Waals surface area contributed by atoms with E-state index in [2.05, 4.69) is 40.7 Å². The number of unbranched alkanes of at least 4 members (excludes halogenated alkanes) is 2. The number of phenolic OH excluding ortho intramolecular Hbond substituents is 1. The van der Waals surface area contributed by atoms with Gasteiger partial charge >= 0.3 is 0 Å². The fraction of sp³-hybridized carbons (Fsp3) is 0.652. The average Bonchev–Trinajstić information content (AvgIpc) is 2.53. The van der Waals surface area contributed by atoms with Crippen LogP contribution in [-0.2, 0) is 0 Å². The van der Waals surface area contributed by atoms with Crippen LogP contribution < -0.4 is 9.47 Å². The average molecular weight is 359 g/mol. The molecule has 3 rings (SSSR count). The maximum Gasteiger partial charge on any atom is 0.131 e. The molecule has 144 valence electrons. The van der Waals surface area contributed by atoms with Crippen LogP contribution in [0.3, 0.4) is 0 Å². The van der Waals surface area contributed by atoms with Gasteiger partial charge in [0.15, 0.2) is 0 Å². The molecule has 3 unspecified atom stereocenters. The molecule has 0 radical (unpaired) electrons. The van der Waals surface area contributed by atoms with E-state index < -0.39 is 0 Å². The van der Waals surface area contributed by atoms with E-state index in [4.69, 9.17) is 9.47 Å². The van der Waals surface area contributed by atoms with Crippen molar-refractivity contribution in [1.82, 2.24) is 0 Å². The van der Waals surface area contributed by atoms with Gasteiger partial charge in [-0.3, -0.25) is 0 Å². The van der Waals surface area contributed by atoms with Crippen molar-refractivity contribution < 1.29 is 14.6 Å². The summed E-state index contributed by atoms with van der Waals surface area (Å²) < 4.78 is 12.4. The molecule has 26 heavy (non-hydrogen) atoms. The van der Waals surface area contributed by atoms with E-state index in [0.717, 1.165) is 30.6 Å². The number of phenols is 1. The zero-order valence-corrected chi connectivity index (χ0v) is 17.0. The summed E-state index contributed by atoms with van der Waals surface area (Å²) in [5.41, 5.74) is 2.09. The molecule has 0 saturated heterocycles. The Bertz CT molecular complexity index is 674. The lowest BCUT2D eigenvalue weighted by atomic mass is 9.68. The highest BCUT2D eigenvalue weighted by Gasteiger charge is 2.45. The largest absolute Gasteiger partial charge is 0.507 e. The maximum absolute atomic E-state index is 10.8. The van der Waals surface area contributed by atoms with Crippen molar-refractivity contribution in [2.24, 2.45) is 5.92 Å². The van der Waals surface area contributed by atoms with Crippen LogP contribution in [0.2, 0.25) is 0 Å². The Labute approximate surface area is 158 Å². The molecule has 1 N–H and O–H groups in total. The van der Waals surface area contributed by atoms with Crippen molar-refractivity contribution >= 4 is 0 Å². The highest BCUT2D eigenvalue weighted by Crippen LogP contribution is 2.54. The number of aromatic hydroxyl groups is 1. The molecule has 1 aliphatic heterocycles. The molecule has 1 heterocycles. The first kappa shape index (κ1) is 19.1. The lowest BCUT2D eigenvalue weighted by molar-refractivity contribution is 0.0104. The zero-order chi connectivity index (χ0) is 18.9. The van der Waals surface area contributed by atoms with Crippen molar-refractivity contribution in [2.45, 2.75) is 90.8 Å². The van der Waals surface area contributed by atoms with Gasteiger partial charge in [-0.1, -0.05) is 31.4 Å². The third kappa shape index (κ3) is 3.87. The van der Waals surface area contributed by atoms with Gasteiger partial charge in [-0.15, -0.1) is 0 Å². The number of fused-ring (bicyclic) bond motifs is 3. The van der Waals surface area contributed by atoms with E-state index in [9.17, 15) is 5.11 Å². The lowest BCUT2D eigenvalue weighted by Crippen LogP contribution is -2.45. The van der Waals surface area contributed by atoms with Crippen molar-refractivity contribution in [2.75, 3.05) is 0 Å². The van der Waals surface area contributed by atoms with Crippen LogP contribution in [0.25, 0.3) is 0 Å². The maximum atomic E-state index is 10.8. The first-order chi connectivity index (χ1) is 12.3. The monoisotopic (exact) mass is 358 g/mol. The van der Waals surface area contributed by atoms with Crippen LogP contribution in [0, 0.1) is 5.92 Å². The van der Waals surface area contributed by atoms with Gasteiger partial charge in [-0.05, 0) is 53.4 Å². The van der Waals surface area contributed by atoms with Gasteiger partial charge in [-0.2, -0.15) is 0 Å². The summed E-state index contributed by atoms with van der Waals surface area (Å²) in [7, 11) is 0. The third-order valence-electron chi connectivity index (χ3n) is 5.99. The van der Waals surface area contributed by atoms with Crippen LogP contribution in [-0.4, -0.2) is 16.8 Å². The minimum absolute atomic E-state index is 0.139. The van der Waals surface area contributed by atoms with E-state index in [0.29, 0.717) is 17.4 Å². The van der Waals surface area contributed by atoms with Gasteiger partial charge in [0, 0.05) is 29.5 Å². The SMILES string of the molecule is CCCCCC(C)Oc1cc(O)c2c(c1)OC(C)(C)C1CCC(C)=CC21. The summed E-state index contributed by atoms with van der Waals surface area (Å²) in [5, 5.41) is 10.8. The Hall–Kier alpha value is -1.64. The first-order valence-electron chi connectivity index (χ1n) is 10.2. The van der Waals surface area contributed by atoms with E-state index in [1.54, 1.807) is 6.07 Å². The number of rotatable bonds is 6. The third-order valence-corrected chi connectivity index (χ3v) is 5.99. The zero-order valence-electron chi connectivity index (χ0n) is 17.0. The molecule has 0 saturated carbocycles. The molecule has 1 aromatic carbocycles. The Morgan fingerprint density at radius 3 is 2.81 bits per heavy atom. The molecule has 0 amide bonds. The summed E-state index contributed by atoms with van der Waals surface area (Å²) in [6.45, 7) is 10.8. The molecule has 1 aromatic rings. The second-order valence-corrected chi connectivity index (χ2v) is 8.67. The minimum Gasteiger partial charge on any atom is -0.507 e. The minimum atomic E-state index is -0.243. The van der Waals surface area contributed by atoms with Crippen molar-refractivity contribution in [3.63, 3.8) is 0 Å². The van der Waals surface area contributed by atoms with Crippen molar-refractivity contribution in [3.8, 4) is 17.2 Å². The highest BCUT2D eigenvalue weighted by molar-refractivity contribution is 5.55. The standard InChI is InChI=1S/C23H34O3/c1-6-7-8-9-16(3)25-17-13-20(24)22-18-12-15(2)10-11-19(18)23(4,5)26-21(22)14-17/h12-14,16,18-19,24H,6-11H2,1-5H3. The fourth-order valence-corrected chi connectivity index (χ4v) is 4.54. The second-order valence-electron chi connectivity index (χ2n) is 8.67. The number of ether oxygens (including phenoxy) is 2. The van der Waals surface area contributed by atoms with Crippen molar-refractivity contribution in [1.29, 1.82) is 0 Å². The van der Waals surface area contributed by atoms with Gasteiger partial charge in [-0.25, -0.2) is 0 Å². The van der Waals surface area contributed by atoms with Gasteiger partial charge in [0.2, 0.25) is 0 Å². The van der Waals surface area contributed by atoms with Crippen molar-refractivity contribution in [3.05, 3.63) is 29.3 Å². The smallest absolute Gasteiger partial charge is 0.131 e. The molecular weight excluding hydrogens is 324 g/mol. The molecule has 0 aromatic heterocycles. The summed E-state index contributed by atoms with van der Waals surface area (Å²) in [6, 6.07) is 3.74. The molecule has 2 aliphatic rings. The Kier molecular flexibility index (Phi) is 5.55. The Balaban J connectivity index is 1.87. The topological polar surface area (TPSA) is 38.7 Å². The van der Waals surface area contributed by atoms with Crippen LogP contribution in [0.15, 0.2) is 23.8 Å². The predicted octanol–water partition coefficient (Wildman–Crippen LogP) is 6.35. The number of benzene rings is 1. The normalized spacial score (nSPS) is 24.7. The quantitative estimate of drug-likeness (QED) is 0.475. The molecule has 0 fully saturated rings. The predicted molar refractivity (Wildman–Crippen MR) is 106 cm³/mol. The van der Waals surface area contributed by atoms with E-state index in [1.165, 1.54) is 24.8 Å². The van der Waals surface area contributed by atoms with E-state index in [1.807, 2.05) is 6.07 Å². The Morgan fingerprint density at radius 1 is 1.31 bits per heavy atom. The van der Waals surface area contributed by atoms with E-state index in [-0.39, 0.29) is 17.6 Å². The Morgan fingerprint density at radius 2 is 2.08 bits per heavy atom. The van der Waals surface area contributed by atoms with Gasteiger partial charge in [0.25, 0.3) is 0 Å². The van der Waals surface area contributed by atoms with Crippen LogP contribution in [0.1, 0.15) is 84.6 Å². The van der Waals surface area contributed by atoms with Crippen LogP contribution in [0.5, 0.6) is 17.2 Å². The summed E-state index contributed by atoms with van der Waals surface area (Å²) in [4.78, 5) is 0. The molecule has 3 heteroatoms. The molecule has 0 spiro atoms. The molecule has 3 nitrogen and oxygen atoms in total. The number of hydrogen-bond donors (Lipinski definition) is 1. The van der Waals surface area contributed by atoms with Crippen LogP contribution in [0.4, 0.5) is 0 Å². The fourth-order valence-electron chi connectivity index (χ4n) is 4.54. The van der Waals surface area contributed by atoms with Gasteiger partial charge < -0.3 is 14.6 Å². The van der Waals surface area contributed by atoms with Gasteiger partial charge in [0.05, 0.1) is 6.10 Å². The molecule has 3 atom stereocenters. The second kappa shape index (κ2) is 7.54. The molecule has 0 bridgehead atoms. The molecule has 1 aliphatic carbocycles. The van der Waals surface area contributed by atoms with Gasteiger partial charge in [0.1, 0.15) is 22.8 Å². The summed E-state index contributed by atoms with van der Waals surface area (Å²) in [6.07, 6.45) is 9.33. The number of allylic oxidation sites excluding steroid dienone is 2. The summed E-state index contributed by atoms with van der Waals surface area (Å²) in [5.74, 6) is 2.39. The first-order valence-corrected chi connectivity index (χ1v) is 10.2. The van der Waals surface area contributed by atoms with E-state index >= 15 is 0 Å². The van der Waals surface area contributed by atoms with Crippen LogP contribution >= 0.6 is 0 Å². The number of hydrogen-bond acceptors (Lipinski definition) is 3. The highest BCUT2D eigenvalue weighted by atomic mass is 16.5.